The number of nitrogens with two attached hydrogens (primary N) is 1. The van der Waals surface area contributed by atoms with Gasteiger partial charge in [0.15, 0.2) is 0 Å². The van der Waals surface area contributed by atoms with Gasteiger partial charge in [0, 0.05) is 13.1 Å². The summed E-state index contributed by atoms with van der Waals surface area (Å²) in [6.07, 6.45) is 0. The lowest BCUT2D eigenvalue weighted by Crippen LogP contribution is -2.33. The van der Waals surface area contributed by atoms with Gasteiger partial charge in [0.1, 0.15) is 0 Å². The van der Waals surface area contributed by atoms with Crippen molar-refractivity contribution >= 4 is 34.8 Å². The normalized spacial score (nSPS) is 9.90. The Morgan fingerprint density at radius 1 is 0.857 bits per heavy atom. The fourth-order valence-corrected chi connectivity index (χ4v) is 2.29. The first kappa shape index (κ1) is 15.4. The van der Waals surface area contributed by atoms with E-state index in [9.17, 15) is 0 Å². The van der Waals surface area contributed by atoms with Crippen LogP contribution in [-0.4, -0.2) is 15.2 Å². The van der Waals surface area contributed by atoms with E-state index in [0.717, 1.165) is 11.1 Å². The number of benzene rings is 2. The van der Waals surface area contributed by atoms with Crippen LogP contribution in [0.4, 0.5) is 0 Å². The Morgan fingerprint density at radius 3 is 1.67 bits per heavy atom. The van der Waals surface area contributed by atoms with Gasteiger partial charge in [0.25, 0.3) is 10.3 Å². The summed E-state index contributed by atoms with van der Waals surface area (Å²) in [7, 11) is 0. The highest BCUT2D eigenvalue weighted by Gasteiger charge is 2.13. The van der Waals surface area contributed by atoms with E-state index in [0.29, 0.717) is 13.1 Å². The van der Waals surface area contributed by atoms with E-state index in [2.05, 4.69) is 0 Å². The maximum absolute atomic E-state index is 5.41. The van der Waals surface area contributed by atoms with Crippen molar-refractivity contribution in [2.45, 2.75) is 13.1 Å². The zero-order valence-electron chi connectivity index (χ0n) is 11.4. The lowest BCUT2D eigenvalue weighted by molar-refractivity contribution is 0.336. The third-order valence-corrected chi connectivity index (χ3v) is 3.30. The van der Waals surface area contributed by atoms with E-state index in [1.165, 1.54) is 0 Å². The summed E-state index contributed by atoms with van der Waals surface area (Å²) >= 11 is 10.0. The smallest absolute Gasteiger partial charge is 0.267 e. The number of ether oxygens (including phenoxy) is 1. The zero-order chi connectivity index (χ0) is 15.1. The van der Waals surface area contributed by atoms with E-state index >= 15 is 0 Å². The van der Waals surface area contributed by atoms with Crippen molar-refractivity contribution in [3.63, 3.8) is 0 Å². The number of thiocarbonyl (C=S) groups is 2. The SMILES string of the molecule is NC(=S)OC(=S)N(Cc1ccccc1)Cc1ccccc1. The molecule has 0 unspecified atom stereocenters. The standard InChI is InChI=1S/C16H16N2OS2/c17-15(20)19-16(21)18(11-13-7-3-1-4-8-13)12-14-9-5-2-6-10-14/h1-10H,11-12H2,(H2,17,20). The molecule has 0 saturated carbocycles. The van der Waals surface area contributed by atoms with Crippen LogP contribution < -0.4 is 5.73 Å². The largest absolute Gasteiger partial charge is 0.405 e. The van der Waals surface area contributed by atoms with Gasteiger partial charge in [-0.05, 0) is 35.6 Å². The van der Waals surface area contributed by atoms with Crippen molar-refractivity contribution in [2.24, 2.45) is 5.73 Å². The molecule has 2 aromatic carbocycles. The fourth-order valence-electron chi connectivity index (χ4n) is 1.94. The summed E-state index contributed by atoms with van der Waals surface area (Å²) in [5.74, 6) is 0. The van der Waals surface area contributed by atoms with Gasteiger partial charge in [0.2, 0.25) is 0 Å². The first-order valence-electron chi connectivity index (χ1n) is 6.49. The van der Waals surface area contributed by atoms with Gasteiger partial charge in [-0.1, -0.05) is 60.7 Å². The van der Waals surface area contributed by atoms with Gasteiger partial charge in [-0.2, -0.15) is 0 Å². The van der Waals surface area contributed by atoms with Crippen molar-refractivity contribution in [3.05, 3.63) is 71.8 Å². The molecule has 2 rings (SSSR count). The molecule has 0 atom stereocenters. The molecule has 2 N–H and O–H groups in total. The second-order valence-corrected chi connectivity index (χ2v) is 5.27. The van der Waals surface area contributed by atoms with Crippen molar-refractivity contribution in [1.82, 2.24) is 4.90 Å². The molecule has 0 spiro atoms. The third-order valence-electron chi connectivity index (χ3n) is 2.88. The monoisotopic (exact) mass is 316 g/mol. The van der Waals surface area contributed by atoms with E-state index in [1.807, 2.05) is 65.6 Å². The van der Waals surface area contributed by atoms with Gasteiger partial charge in [-0.15, -0.1) is 0 Å². The average molecular weight is 316 g/mol. The van der Waals surface area contributed by atoms with Crippen LogP contribution in [0.25, 0.3) is 0 Å². The molecule has 0 aliphatic carbocycles. The lowest BCUT2D eigenvalue weighted by atomic mass is 10.2. The van der Waals surface area contributed by atoms with Crippen molar-refractivity contribution in [3.8, 4) is 0 Å². The molecule has 0 amide bonds. The number of hydrogen-bond acceptors (Lipinski definition) is 3. The van der Waals surface area contributed by atoms with E-state index in [1.54, 1.807) is 0 Å². The third kappa shape index (κ3) is 5.13. The molecule has 21 heavy (non-hydrogen) atoms. The Morgan fingerprint density at radius 2 is 1.29 bits per heavy atom. The van der Waals surface area contributed by atoms with Crippen LogP contribution in [0.15, 0.2) is 60.7 Å². The second kappa shape index (κ2) is 7.71. The minimum atomic E-state index is -0.0638. The number of hydrogen-bond donors (Lipinski definition) is 1. The first-order chi connectivity index (χ1) is 10.1. The molecular weight excluding hydrogens is 300 g/mol. The van der Waals surface area contributed by atoms with Crippen LogP contribution in [0.2, 0.25) is 0 Å². The fraction of sp³-hybridized carbons (Fsp3) is 0.125. The molecule has 0 aliphatic heterocycles. The second-order valence-electron chi connectivity index (χ2n) is 4.51. The van der Waals surface area contributed by atoms with Crippen molar-refractivity contribution in [1.29, 1.82) is 0 Å². The molecule has 5 heteroatoms. The van der Waals surface area contributed by atoms with Crippen LogP contribution in [0.3, 0.4) is 0 Å². The summed E-state index contributed by atoms with van der Waals surface area (Å²) in [5.41, 5.74) is 7.70. The minimum absolute atomic E-state index is 0.0638. The highest BCUT2D eigenvalue weighted by Crippen LogP contribution is 2.11. The van der Waals surface area contributed by atoms with Crippen LogP contribution in [-0.2, 0) is 17.8 Å². The molecule has 108 valence electrons. The molecule has 0 fully saturated rings. The molecule has 2 aromatic rings. The molecule has 0 radical (unpaired) electrons. The molecule has 0 heterocycles. The minimum Gasteiger partial charge on any atom is -0.405 e. The molecule has 3 nitrogen and oxygen atoms in total. The van der Waals surface area contributed by atoms with Gasteiger partial charge in [-0.3, -0.25) is 0 Å². The summed E-state index contributed by atoms with van der Waals surface area (Å²) < 4.78 is 5.22. The Labute approximate surface area is 135 Å². The zero-order valence-corrected chi connectivity index (χ0v) is 13.1. The van der Waals surface area contributed by atoms with E-state index in [-0.39, 0.29) is 10.3 Å². The molecule has 0 aromatic heterocycles. The highest BCUT2D eigenvalue weighted by atomic mass is 32.1. The summed E-state index contributed by atoms with van der Waals surface area (Å²) in [6, 6.07) is 20.1. The van der Waals surface area contributed by atoms with Crippen LogP contribution in [0.5, 0.6) is 0 Å². The van der Waals surface area contributed by atoms with Gasteiger partial charge in [-0.25, -0.2) is 0 Å². The van der Waals surface area contributed by atoms with Gasteiger partial charge in [0.05, 0.1) is 0 Å². The van der Waals surface area contributed by atoms with Crippen molar-refractivity contribution < 1.29 is 4.74 Å². The van der Waals surface area contributed by atoms with E-state index < -0.39 is 0 Å². The average Bonchev–Trinajstić information content (AvgIpc) is 2.48. The van der Waals surface area contributed by atoms with Crippen LogP contribution in [0, 0.1) is 0 Å². The Kier molecular flexibility index (Phi) is 5.66. The Balaban J connectivity index is 2.13. The summed E-state index contributed by atoms with van der Waals surface area (Å²) in [6.45, 7) is 1.27. The topological polar surface area (TPSA) is 38.5 Å². The molecule has 0 bridgehead atoms. The Bertz CT molecular complexity index is 561. The van der Waals surface area contributed by atoms with Crippen LogP contribution >= 0.6 is 24.4 Å². The summed E-state index contributed by atoms with van der Waals surface area (Å²) in [4.78, 5) is 1.93. The van der Waals surface area contributed by atoms with Gasteiger partial charge >= 0.3 is 0 Å². The molecule has 0 aliphatic rings. The molecule has 0 saturated heterocycles. The lowest BCUT2D eigenvalue weighted by Gasteiger charge is -2.24. The number of rotatable bonds is 4. The predicted octanol–water partition coefficient (Wildman–Crippen LogP) is 3.23. The van der Waals surface area contributed by atoms with Crippen LogP contribution in [0.1, 0.15) is 11.1 Å². The maximum Gasteiger partial charge on any atom is 0.267 e. The maximum atomic E-state index is 5.41. The quantitative estimate of drug-likeness (QED) is 0.877. The highest BCUT2D eigenvalue weighted by molar-refractivity contribution is 7.81. The van der Waals surface area contributed by atoms with E-state index in [4.69, 9.17) is 34.9 Å². The Hall–Kier alpha value is -1.98. The first-order valence-corrected chi connectivity index (χ1v) is 7.31. The van der Waals surface area contributed by atoms with Crippen molar-refractivity contribution in [2.75, 3.05) is 0 Å². The summed E-state index contributed by atoms with van der Waals surface area (Å²) in [5, 5.41) is 0.223. The number of nitrogens with zero attached hydrogens (tertiary/aromatic N) is 1. The van der Waals surface area contributed by atoms with Gasteiger partial charge < -0.3 is 15.4 Å². The molecular formula is C16H16N2OS2. The predicted molar refractivity (Wildman–Crippen MR) is 92.6 cm³/mol.